The van der Waals surface area contributed by atoms with Gasteiger partial charge in [0.05, 0.1) is 16.8 Å². The number of rotatable bonds is 16. The monoisotopic (exact) mass is 732 g/mol. The number of nitrogens with two attached hydrogens (primary N) is 1. The summed E-state index contributed by atoms with van der Waals surface area (Å²) in [6.07, 6.45) is 3.05. The number of pyridine rings is 1. The lowest BCUT2D eigenvalue weighted by molar-refractivity contribution is 0.0896. The Balaban J connectivity index is 2.06. The molecule has 0 saturated heterocycles. The second-order valence-electron chi connectivity index (χ2n) is 13.2. The van der Waals surface area contributed by atoms with Gasteiger partial charge in [-0.1, -0.05) is 46.2 Å². The molecule has 0 aliphatic heterocycles. The fourth-order valence-corrected chi connectivity index (χ4v) is 7.45. The molecule has 15 heteroatoms. The molecule has 2 aromatic heterocycles. The van der Waals surface area contributed by atoms with Crippen LogP contribution in [0.1, 0.15) is 29.3 Å². The topological polar surface area (TPSA) is 117 Å². The van der Waals surface area contributed by atoms with Crippen LogP contribution in [0.15, 0.2) is 35.1 Å². The van der Waals surface area contributed by atoms with Crippen molar-refractivity contribution in [3.8, 4) is 0 Å². The molecular weight excluding hydrogens is 690 g/mol. The van der Waals surface area contributed by atoms with E-state index in [1.54, 1.807) is 23.8 Å². The van der Waals surface area contributed by atoms with Gasteiger partial charge in [-0.25, -0.2) is 26.5 Å². The third-order valence-corrected chi connectivity index (χ3v) is 12.9. The summed E-state index contributed by atoms with van der Waals surface area (Å²) in [7, 11) is -7.18. The van der Waals surface area contributed by atoms with E-state index in [4.69, 9.17) is 15.2 Å². The number of ketones is 1. The molecule has 2 heterocycles. The number of hydrogen-bond acceptors (Lipinski definition) is 7. The van der Waals surface area contributed by atoms with Gasteiger partial charge >= 0.3 is 0 Å². The summed E-state index contributed by atoms with van der Waals surface area (Å²) in [5, 5.41) is -1.01. The Morgan fingerprint density at radius 2 is 1.70 bits per heavy atom. The number of halogens is 3. The molecule has 1 atom stereocenters. The molecule has 0 aliphatic rings. The van der Waals surface area contributed by atoms with Gasteiger partial charge in [0, 0.05) is 51.6 Å². The fourth-order valence-electron chi connectivity index (χ4n) is 4.22. The highest BCUT2D eigenvalue weighted by Crippen LogP contribution is 2.32. The number of ether oxygens (including phenoxy) is 2. The summed E-state index contributed by atoms with van der Waals surface area (Å²) in [5.74, 6) is -3.43. The third kappa shape index (κ3) is 9.04. The van der Waals surface area contributed by atoms with E-state index in [0.717, 1.165) is 24.2 Å². The van der Waals surface area contributed by atoms with Gasteiger partial charge in [-0.15, -0.1) is 0 Å². The van der Waals surface area contributed by atoms with Crippen LogP contribution in [0.2, 0.25) is 51.4 Å². The summed E-state index contributed by atoms with van der Waals surface area (Å²) < 4.78 is 72.7. The summed E-state index contributed by atoms with van der Waals surface area (Å²) in [6.45, 7) is 15.0. The van der Waals surface area contributed by atoms with Gasteiger partial charge in [0.2, 0.25) is 5.78 Å². The van der Waals surface area contributed by atoms with Gasteiger partial charge in [-0.05, 0) is 52.6 Å². The van der Waals surface area contributed by atoms with Gasteiger partial charge in [-0.2, -0.15) is 0 Å². The van der Waals surface area contributed by atoms with E-state index in [-0.39, 0.29) is 25.3 Å². The third-order valence-electron chi connectivity index (χ3n) is 7.02. The molecular formula is C29H43BrF2N4O5SSi2. The Kier molecular flexibility index (Phi) is 12.1. The lowest BCUT2D eigenvalue weighted by atomic mass is 10.0. The van der Waals surface area contributed by atoms with Crippen molar-refractivity contribution in [1.29, 1.82) is 0 Å². The fraction of sp³-hybridized carbons (Fsp3) is 0.517. The maximum atomic E-state index is 16.3. The smallest absolute Gasteiger partial charge is 0.253 e. The van der Waals surface area contributed by atoms with Crippen LogP contribution in [0, 0.1) is 11.6 Å². The molecule has 3 rings (SSSR count). The molecule has 9 nitrogen and oxygen atoms in total. The molecule has 0 radical (unpaired) electrons. The van der Waals surface area contributed by atoms with Crippen molar-refractivity contribution in [2.75, 3.05) is 24.2 Å². The summed E-state index contributed by atoms with van der Waals surface area (Å²) in [5.41, 5.74) is 4.89. The summed E-state index contributed by atoms with van der Waals surface area (Å²) in [4.78, 5) is 18.3. The van der Waals surface area contributed by atoms with Gasteiger partial charge in [0.15, 0.2) is 5.82 Å². The minimum absolute atomic E-state index is 0.0106. The molecule has 2 N–H and O–H groups in total. The zero-order valence-electron chi connectivity index (χ0n) is 26.4. The Bertz CT molecular complexity index is 1590. The van der Waals surface area contributed by atoms with Crippen LogP contribution < -0.4 is 10.0 Å². The normalized spacial score (nSPS) is 13.4. The minimum atomic E-state index is -4.33. The van der Waals surface area contributed by atoms with Crippen LogP contribution in [0.4, 0.5) is 14.5 Å². The SMILES string of the molecule is CCC(N)S(=O)(=O)N(COCC[Si](C)(C)C)c1ccc(F)c(C(=O)c2cn(COCC[Si](C)(C)C)c3ncc(Br)cc23)c1F. The van der Waals surface area contributed by atoms with E-state index in [2.05, 4.69) is 60.2 Å². The first-order valence-electron chi connectivity index (χ1n) is 14.5. The van der Waals surface area contributed by atoms with Crippen LogP contribution in [-0.4, -0.2) is 65.2 Å². The number of sulfonamides is 1. The lowest BCUT2D eigenvalue weighted by Crippen LogP contribution is -2.45. The largest absolute Gasteiger partial charge is 0.361 e. The molecule has 1 unspecified atom stereocenters. The number of aromatic nitrogens is 2. The number of benzene rings is 1. The number of nitrogens with zero attached hydrogens (tertiary/aromatic N) is 3. The predicted molar refractivity (Wildman–Crippen MR) is 180 cm³/mol. The van der Waals surface area contributed by atoms with Gasteiger partial charge in [0.1, 0.15) is 30.3 Å². The lowest BCUT2D eigenvalue weighted by Gasteiger charge is -2.28. The second-order valence-corrected chi connectivity index (χ2v) is 27.4. The van der Waals surface area contributed by atoms with Crippen molar-refractivity contribution in [3.05, 3.63) is 57.8 Å². The molecule has 0 bridgehead atoms. The van der Waals surface area contributed by atoms with Crippen molar-refractivity contribution >= 4 is 64.6 Å². The average molecular weight is 734 g/mol. The van der Waals surface area contributed by atoms with E-state index >= 15 is 8.78 Å². The molecule has 0 fully saturated rings. The molecule has 1 aromatic carbocycles. The molecule has 44 heavy (non-hydrogen) atoms. The Morgan fingerprint density at radius 1 is 1.09 bits per heavy atom. The Labute approximate surface area is 269 Å². The van der Waals surface area contributed by atoms with Crippen LogP contribution in [-0.2, 0) is 26.2 Å². The molecule has 0 saturated carbocycles. The van der Waals surface area contributed by atoms with E-state index in [1.165, 1.54) is 6.20 Å². The zero-order valence-corrected chi connectivity index (χ0v) is 30.8. The molecule has 0 spiro atoms. The van der Waals surface area contributed by atoms with Gasteiger partial charge in [-0.3, -0.25) is 4.79 Å². The summed E-state index contributed by atoms with van der Waals surface area (Å²) >= 11 is 3.36. The number of carbonyl (C=O) groups excluding carboxylic acids is 1. The predicted octanol–water partition coefficient (Wildman–Crippen LogP) is 6.76. The van der Waals surface area contributed by atoms with Crippen molar-refractivity contribution < 1.29 is 31.5 Å². The summed E-state index contributed by atoms with van der Waals surface area (Å²) in [6, 6.07) is 5.17. The average Bonchev–Trinajstić information content (AvgIpc) is 3.27. The zero-order chi connectivity index (χ0) is 33.0. The number of fused-ring (bicyclic) bond motifs is 1. The first-order valence-corrected chi connectivity index (χ1v) is 24.2. The van der Waals surface area contributed by atoms with E-state index in [0.29, 0.717) is 26.4 Å². The Morgan fingerprint density at radius 3 is 2.30 bits per heavy atom. The molecule has 3 aromatic rings. The van der Waals surface area contributed by atoms with Crippen LogP contribution in [0.3, 0.4) is 0 Å². The van der Waals surface area contributed by atoms with Crippen molar-refractivity contribution in [2.45, 2.75) is 76.8 Å². The highest BCUT2D eigenvalue weighted by atomic mass is 79.9. The first-order chi connectivity index (χ1) is 20.4. The maximum absolute atomic E-state index is 16.3. The van der Waals surface area contributed by atoms with Crippen LogP contribution >= 0.6 is 15.9 Å². The van der Waals surface area contributed by atoms with E-state index in [9.17, 15) is 13.2 Å². The first kappa shape index (κ1) is 36.5. The van der Waals surface area contributed by atoms with E-state index < -0.39 is 66.9 Å². The van der Waals surface area contributed by atoms with E-state index in [1.807, 2.05) is 0 Å². The number of carbonyl (C=O) groups is 1. The van der Waals surface area contributed by atoms with Crippen molar-refractivity contribution in [2.24, 2.45) is 5.73 Å². The highest BCUT2D eigenvalue weighted by Gasteiger charge is 2.34. The van der Waals surface area contributed by atoms with Crippen LogP contribution in [0.5, 0.6) is 0 Å². The quantitative estimate of drug-likeness (QED) is 0.0749. The highest BCUT2D eigenvalue weighted by molar-refractivity contribution is 9.10. The van der Waals surface area contributed by atoms with Crippen molar-refractivity contribution in [1.82, 2.24) is 9.55 Å². The number of hydrogen-bond donors (Lipinski definition) is 1. The van der Waals surface area contributed by atoms with Crippen molar-refractivity contribution in [3.63, 3.8) is 0 Å². The second kappa shape index (κ2) is 14.6. The Hall–Kier alpha value is -2.02. The molecule has 244 valence electrons. The maximum Gasteiger partial charge on any atom is 0.253 e. The van der Waals surface area contributed by atoms with Crippen LogP contribution in [0.25, 0.3) is 11.0 Å². The molecule has 0 amide bonds. The van der Waals surface area contributed by atoms with Gasteiger partial charge < -0.3 is 19.8 Å². The number of anilines is 1. The standard InChI is InChI=1S/C29H43BrF2N4O5SSi2/c1-8-25(33)42(38,39)36(19-41-12-14-44(5,6)7)24-10-9-23(31)26(27(24)32)28(37)22-17-35(18-40-11-13-43(2,3)4)29-21(22)15-20(30)16-34-29/h9-10,15-17,25H,8,11-14,18-19,33H2,1-7H3. The molecule has 0 aliphatic carbocycles. The van der Waals surface area contributed by atoms with Gasteiger partial charge in [0.25, 0.3) is 10.0 Å². The minimum Gasteiger partial charge on any atom is -0.361 e.